The molecule has 2 aromatic heterocycles. The van der Waals surface area contributed by atoms with Crippen LogP contribution in [0.5, 0.6) is 5.75 Å². The Hall–Kier alpha value is -3.47. The zero-order valence-electron chi connectivity index (χ0n) is 20.2. The monoisotopic (exact) mass is 516 g/mol. The lowest BCUT2D eigenvalue weighted by atomic mass is 10.0. The van der Waals surface area contributed by atoms with E-state index < -0.39 is 17.7 Å². The first kappa shape index (κ1) is 25.2. The van der Waals surface area contributed by atoms with E-state index in [1.807, 2.05) is 0 Å². The molecule has 1 aliphatic heterocycles. The van der Waals surface area contributed by atoms with Crippen molar-refractivity contribution in [2.75, 3.05) is 26.3 Å². The molecule has 0 spiro atoms. The van der Waals surface area contributed by atoms with E-state index in [1.54, 1.807) is 27.9 Å². The molecular weight excluding hydrogens is 489 g/mol. The van der Waals surface area contributed by atoms with Crippen LogP contribution in [0.25, 0.3) is 10.9 Å². The largest absolute Gasteiger partial charge is 0.490 e. The molecule has 196 valence electrons. The lowest BCUT2D eigenvalue weighted by Gasteiger charge is -2.26. The number of fused-ring (bicyclic) bond motifs is 1. The topological polar surface area (TPSA) is 86.6 Å². The fourth-order valence-corrected chi connectivity index (χ4v) is 4.73. The number of morpholine rings is 1. The number of Topliss-reactive ketones (excluding diaryl/α,β-unsaturated/α-hetero) is 1. The summed E-state index contributed by atoms with van der Waals surface area (Å²) in [5.74, 6) is -0.134. The minimum atomic E-state index is -4.64. The van der Waals surface area contributed by atoms with Crippen molar-refractivity contribution in [1.82, 2.24) is 19.7 Å². The van der Waals surface area contributed by atoms with Crippen LogP contribution in [0.4, 0.5) is 13.2 Å². The molecule has 0 unspecified atom stereocenters. The first-order valence-corrected chi connectivity index (χ1v) is 12.4. The summed E-state index contributed by atoms with van der Waals surface area (Å²) < 4.78 is 52.4. The van der Waals surface area contributed by atoms with Crippen molar-refractivity contribution in [2.45, 2.75) is 50.9 Å². The lowest BCUT2D eigenvalue weighted by Crippen LogP contribution is -2.42. The Morgan fingerprint density at radius 1 is 1.11 bits per heavy atom. The Morgan fingerprint density at radius 2 is 1.86 bits per heavy atom. The van der Waals surface area contributed by atoms with Gasteiger partial charge >= 0.3 is 6.18 Å². The summed E-state index contributed by atoms with van der Waals surface area (Å²) in [5, 5.41) is 5.24. The van der Waals surface area contributed by atoms with Crippen molar-refractivity contribution >= 4 is 22.6 Å². The third kappa shape index (κ3) is 5.93. The molecule has 3 aromatic rings. The summed E-state index contributed by atoms with van der Waals surface area (Å²) in [6.45, 7) is 2.15. The molecule has 11 heteroatoms. The van der Waals surface area contributed by atoms with Gasteiger partial charge in [-0.15, -0.1) is 0 Å². The van der Waals surface area contributed by atoms with Gasteiger partial charge in [0.25, 0.3) is 0 Å². The Labute approximate surface area is 211 Å². The van der Waals surface area contributed by atoms with Gasteiger partial charge in [-0.3, -0.25) is 14.3 Å². The minimum absolute atomic E-state index is 0.00275. The van der Waals surface area contributed by atoms with Gasteiger partial charge in [0.05, 0.1) is 24.8 Å². The highest BCUT2D eigenvalue weighted by molar-refractivity contribution is 5.97. The van der Waals surface area contributed by atoms with Gasteiger partial charge in [-0.25, -0.2) is 4.98 Å². The summed E-state index contributed by atoms with van der Waals surface area (Å²) >= 11 is 0. The number of carbonyl (C=O) groups excluding carboxylic acids is 2. The maximum absolute atomic E-state index is 13.1. The third-order valence-electron chi connectivity index (χ3n) is 6.67. The quantitative estimate of drug-likeness (QED) is 0.441. The highest BCUT2D eigenvalue weighted by Crippen LogP contribution is 2.32. The molecule has 1 aliphatic carbocycles. The first-order valence-electron chi connectivity index (χ1n) is 12.4. The number of ether oxygens (including phenoxy) is 2. The first-order chi connectivity index (χ1) is 17.8. The van der Waals surface area contributed by atoms with Crippen molar-refractivity contribution in [3.63, 3.8) is 0 Å². The van der Waals surface area contributed by atoms with Crippen LogP contribution >= 0.6 is 0 Å². The number of amides is 1. The number of hydrogen-bond donors (Lipinski definition) is 0. The van der Waals surface area contributed by atoms with Crippen molar-refractivity contribution in [2.24, 2.45) is 0 Å². The second-order valence-electron chi connectivity index (χ2n) is 9.37. The van der Waals surface area contributed by atoms with Crippen LogP contribution in [0.1, 0.15) is 47.4 Å². The molecule has 0 N–H and O–H groups in total. The number of ketones is 1. The van der Waals surface area contributed by atoms with E-state index in [2.05, 4.69) is 10.1 Å². The molecule has 5 rings (SSSR count). The fourth-order valence-electron chi connectivity index (χ4n) is 4.73. The molecule has 1 saturated carbocycles. The van der Waals surface area contributed by atoms with E-state index >= 15 is 0 Å². The van der Waals surface area contributed by atoms with Gasteiger partial charge in [0.1, 0.15) is 23.7 Å². The normalized spacial score (nSPS) is 16.9. The van der Waals surface area contributed by atoms with E-state index in [1.165, 1.54) is 12.1 Å². The van der Waals surface area contributed by atoms with Crippen molar-refractivity contribution < 1.29 is 32.2 Å². The standard InChI is InChI=1S/C26H27F3N4O4/c27-26(28,29)24-7-3-6-20(30-24)22(34)13-17-12-18-15-33(16-25(35)32-8-10-36-11-9-32)31-21(18)14-23(17)37-19-4-1-2-5-19/h3,6-7,12,14-15,19H,1-2,4-5,8-11,13,16H2. The van der Waals surface area contributed by atoms with Crippen LogP contribution in [0, 0.1) is 0 Å². The van der Waals surface area contributed by atoms with Gasteiger partial charge in [0.2, 0.25) is 5.91 Å². The van der Waals surface area contributed by atoms with Crippen molar-refractivity contribution in [3.05, 3.63) is 53.5 Å². The summed E-state index contributed by atoms with van der Waals surface area (Å²) in [6, 6.07) is 6.80. The molecule has 0 atom stereocenters. The number of nitrogens with zero attached hydrogens (tertiary/aromatic N) is 4. The van der Waals surface area contributed by atoms with Crippen LogP contribution in [-0.4, -0.2) is 63.8 Å². The van der Waals surface area contributed by atoms with Gasteiger partial charge in [-0.1, -0.05) is 6.07 Å². The molecule has 2 aliphatic rings. The van der Waals surface area contributed by atoms with E-state index in [0.717, 1.165) is 31.7 Å². The maximum atomic E-state index is 13.1. The number of carbonyl (C=O) groups is 2. The smallest absolute Gasteiger partial charge is 0.433 e. The minimum Gasteiger partial charge on any atom is -0.490 e. The molecule has 1 aromatic carbocycles. The van der Waals surface area contributed by atoms with E-state index in [-0.39, 0.29) is 30.7 Å². The van der Waals surface area contributed by atoms with Gasteiger partial charge in [0.15, 0.2) is 5.78 Å². The molecule has 2 fully saturated rings. The molecule has 0 bridgehead atoms. The second-order valence-corrected chi connectivity index (χ2v) is 9.37. The van der Waals surface area contributed by atoms with Gasteiger partial charge in [-0.2, -0.15) is 18.3 Å². The third-order valence-corrected chi connectivity index (χ3v) is 6.67. The maximum Gasteiger partial charge on any atom is 0.433 e. The molecule has 1 saturated heterocycles. The SMILES string of the molecule is O=C(Cc1cc2cn(CC(=O)N3CCOCC3)nc2cc1OC1CCCC1)c1cccc(C(F)(F)F)n1. The van der Waals surface area contributed by atoms with Gasteiger partial charge in [-0.05, 0) is 43.9 Å². The number of alkyl halides is 3. The predicted molar refractivity (Wildman–Crippen MR) is 127 cm³/mol. The van der Waals surface area contributed by atoms with Crippen LogP contribution < -0.4 is 4.74 Å². The van der Waals surface area contributed by atoms with Crippen molar-refractivity contribution in [3.8, 4) is 5.75 Å². The Balaban J connectivity index is 1.41. The zero-order chi connectivity index (χ0) is 26.0. The number of pyridine rings is 1. The van der Waals surface area contributed by atoms with Gasteiger partial charge < -0.3 is 14.4 Å². The van der Waals surface area contributed by atoms with E-state index in [4.69, 9.17) is 9.47 Å². The average Bonchev–Trinajstić information content (AvgIpc) is 3.53. The lowest BCUT2D eigenvalue weighted by molar-refractivity contribution is -0.141. The molecule has 8 nitrogen and oxygen atoms in total. The predicted octanol–water partition coefficient (Wildman–Crippen LogP) is 4.06. The summed E-state index contributed by atoms with van der Waals surface area (Å²) in [7, 11) is 0. The van der Waals surface area contributed by atoms with Crippen LogP contribution in [-0.2, 0) is 28.7 Å². The molecular formula is C26H27F3N4O4. The summed E-state index contributed by atoms with van der Waals surface area (Å²) in [6.07, 6.45) is 0.795. The zero-order valence-corrected chi connectivity index (χ0v) is 20.2. The average molecular weight is 517 g/mol. The number of aromatic nitrogens is 3. The van der Waals surface area contributed by atoms with E-state index in [9.17, 15) is 22.8 Å². The highest BCUT2D eigenvalue weighted by atomic mass is 19.4. The highest BCUT2D eigenvalue weighted by Gasteiger charge is 2.33. The van der Waals surface area contributed by atoms with Crippen LogP contribution in [0.2, 0.25) is 0 Å². The summed E-state index contributed by atoms with van der Waals surface area (Å²) in [4.78, 5) is 30.9. The van der Waals surface area contributed by atoms with Crippen LogP contribution in [0.3, 0.4) is 0 Å². The fraction of sp³-hybridized carbons (Fsp3) is 0.462. The van der Waals surface area contributed by atoms with Crippen molar-refractivity contribution in [1.29, 1.82) is 0 Å². The number of benzene rings is 1. The molecule has 1 amide bonds. The number of halogens is 3. The second kappa shape index (κ2) is 10.5. The number of hydrogen-bond acceptors (Lipinski definition) is 6. The molecule has 37 heavy (non-hydrogen) atoms. The van der Waals surface area contributed by atoms with Gasteiger partial charge in [0, 0.05) is 42.7 Å². The Bertz CT molecular complexity index is 1290. The molecule has 0 radical (unpaired) electrons. The molecule has 3 heterocycles. The Morgan fingerprint density at radius 3 is 2.59 bits per heavy atom. The number of rotatable bonds is 7. The van der Waals surface area contributed by atoms with Crippen LogP contribution in [0.15, 0.2) is 36.5 Å². The summed E-state index contributed by atoms with van der Waals surface area (Å²) in [5.41, 5.74) is -0.213. The Kier molecular flexibility index (Phi) is 7.14. The van der Waals surface area contributed by atoms with E-state index in [0.29, 0.717) is 48.5 Å².